The van der Waals surface area contributed by atoms with Gasteiger partial charge >= 0.3 is 0 Å². The first-order chi connectivity index (χ1) is 16.5. The molecule has 176 valence electrons. The molecule has 2 aliphatic heterocycles. The lowest BCUT2D eigenvalue weighted by Crippen LogP contribution is -2.47. The van der Waals surface area contributed by atoms with Crippen molar-refractivity contribution < 1.29 is 9.21 Å². The highest BCUT2D eigenvalue weighted by molar-refractivity contribution is 8.26. The van der Waals surface area contributed by atoms with Crippen molar-refractivity contribution in [2.24, 2.45) is 7.05 Å². The number of aryl methyl sites for hydroxylation is 1. The van der Waals surface area contributed by atoms with E-state index in [-0.39, 0.29) is 18.0 Å². The summed E-state index contributed by atoms with van der Waals surface area (Å²) in [7, 11) is 1.78. The summed E-state index contributed by atoms with van der Waals surface area (Å²) >= 11 is 6.72. The number of nitrogens with zero attached hydrogens (tertiary/aromatic N) is 4. The normalized spacial score (nSPS) is 18.6. The summed E-state index contributed by atoms with van der Waals surface area (Å²) < 4.78 is 7.52. The fraction of sp³-hybridized carbons (Fsp3) is 0.320. The Balaban J connectivity index is 1.60. The first kappa shape index (κ1) is 22.9. The quantitative estimate of drug-likeness (QED) is 0.396. The van der Waals surface area contributed by atoms with Gasteiger partial charge in [-0.3, -0.25) is 14.5 Å². The SMILES string of the molecule is CCN1CCN(c2c(C=C3SC(=S)N(Cc4ccco4)C3=O)c(=O)n(C)c3ccccc23)CC1. The lowest BCUT2D eigenvalue weighted by Gasteiger charge is -2.37. The molecule has 0 aliphatic carbocycles. The lowest BCUT2D eigenvalue weighted by atomic mass is 10.1. The van der Waals surface area contributed by atoms with Crippen LogP contribution in [0.3, 0.4) is 0 Å². The number of fused-ring (bicyclic) bond motifs is 1. The molecule has 2 aliphatic rings. The van der Waals surface area contributed by atoms with Gasteiger partial charge in [-0.2, -0.15) is 0 Å². The molecule has 0 radical (unpaired) electrons. The molecule has 2 fully saturated rings. The molecular weight excluding hydrogens is 468 g/mol. The van der Waals surface area contributed by atoms with Gasteiger partial charge in [-0.25, -0.2) is 0 Å². The van der Waals surface area contributed by atoms with E-state index in [0.717, 1.165) is 49.3 Å². The van der Waals surface area contributed by atoms with Crippen molar-refractivity contribution in [3.05, 3.63) is 69.2 Å². The summed E-state index contributed by atoms with van der Waals surface area (Å²) in [5.41, 5.74) is 2.18. The van der Waals surface area contributed by atoms with E-state index in [1.807, 2.05) is 24.3 Å². The summed E-state index contributed by atoms with van der Waals surface area (Å²) in [4.78, 5) is 33.5. The number of hydrogen-bond acceptors (Lipinski definition) is 7. The van der Waals surface area contributed by atoms with Crippen molar-refractivity contribution in [3.8, 4) is 0 Å². The standard InChI is InChI=1S/C25H26N4O3S2/c1-3-27-10-12-28(13-11-27)22-18-8-4-5-9-20(18)26(2)23(30)19(22)15-21-24(31)29(25(33)34-21)16-17-7-6-14-32-17/h4-9,14-15H,3,10-13,16H2,1-2H3. The number of likely N-dealkylation sites (N-methyl/N-ethyl adjacent to an activating group) is 1. The smallest absolute Gasteiger partial charge is 0.266 e. The van der Waals surface area contributed by atoms with Gasteiger partial charge in [0.2, 0.25) is 0 Å². The molecule has 0 saturated carbocycles. The van der Waals surface area contributed by atoms with Crippen LogP contribution in [0, 0.1) is 0 Å². The average molecular weight is 495 g/mol. The van der Waals surface area contributed by atoms with E-state index in [1.165, 1.54) is 16.7 Å². The second-order valence-electron chi connectivity index (χ2n) is 8.41. The molecule has 0 bridgehead atoms. The number of furan rings is 1. The molecule has 0 spiro atoms. The van der Waals surface area contributed by atoms with E-state index in [9.17, 15) is 9.59 Å². The Morgan fingerprint density at radius 2 is 1.85 bits per heavy atom. The molecule has 3 aromatic rings. The van der Waals surface area contributed by atoms with Crippen molar-refractivity contribution in [1.29, 1.82) is 0 Å². The zero-order valence-electron chi connectivity index (χ0n) is 19.2. The predicted octanol–water partition coefficient (Wildman–Crippen LogP) is 3.67. The van der Waals surface area contributed by atoms with Gasteiger partial charge in [0, 0.05) is 38.6 Å². The van der Waals surface area contributed by atoms with Crippen LogP contribution in [-0.2, 0) is 18.4 Å². The molecule has 0 unspecified atom stereocenters. The van der Waals surface area contributed by atoms with Crippen molar-refractivity contribution in [2.75, 3.05) is 37.6 Å². The number of piperazine rings is 1. The summed E-state index contributed by atoms with van der Waals surface area (Å²) in [5.74, 6) is 0.456. The highest BCUT2D eigenvalue weighted by Crippen LogP contribution is 2.37. The van der Waals surface area contributed by atoms with Crippen LogP contribution >= 0.6 is 24.0 Å². The highest BCUT2D eigenvalue weighted by atomic mass is 32.2. The van der Waals surface area contributed by atoms with Crippen LogP contribution in [-0.4, -0.2) is 57.3 Å². The van der Waals surface area contributed by atoms with Crippen molar-refractivity contribution in [1.82, 2.24) is 14.4 Å². The maximum atomic E-state index is 13.6. The topological polar surface area (TPSA) is 61.9 Å². The van der Waals surface area contributed by atoms with Gasteiger partial charge in [-0.05, 0) is 30.8 Å². The summed E-state index contributed by atoms with van der Waals surface area (Å²) in [6, 6.07) is 11.6. The van der Waals surface area contributed by atoms with Crippen LogP contribution in [0.15, 0.2) is 56.8 Å². The Labute approximate surface area is 207 Å². The number of thiocarbonyl (C=S) groups is 1. The molecule has 2 saturated heterocycles. The van der Waals surface area contributed by atoms with Gasteiger partial charge in [0.05, 0.1) is 34.5 Å². The Kier molecular flexibility index (Phi) is 6.33. The Bertz CT molecular complexity index is 1340. The number of aromatic nitrogens is 1. The van der Waals surface area contributed by atoms with Crippen LogP contribution < -0.4 is 10.5 Å². The lowest BCUT2D eigenvalue weighted by molar-refractivity contribution is -0.122. The third-order valence-corrected chi connectivity index (χ3v) is 7.87. The van der Waals surface area contributed by atoms with Crippen LogP contribution in [0.1, 0.15) is 18.2 Å². The molecule has 9 heteroatoms. The molecule has 4 heterocycles. The zero-order valence-corrected chi connectivity index (χ0v) is 20.8. The molecule has 1 amide bonds. The number of anilines is 1. The van der Waals surface area contributed by atoms with Crippen molar-refractivity contribution in [3.63, 3.8) is 0 Å². The van der Waals surface area contributed by atoms with Gasteiger partial charge in [-0.15, -0.1) is 0 Å². The maximum Gasteiger partial charge on any atom is 0.266 e. The molecule has 5 rings (SSSR count). The fourth-order valence-electron chi connectivity index (χ4n) is 4.59. The van der Waals surface area contributed by atoms with Crippen molar-refractivity contribution in [2.45, 2.75) is 13.5 Å². The minimum absolute atomic E-state index is 0.122. The van der Waals surface area contributed by atoms with Crippen LogP contribution in [0.2, 0.25) is 0 Å². The monoisotopic (exact) mass is 494 g/mol. The Morgan fingerprint density at radius 1 is 1.09 bits per heavy atom. The highest BCUT2D eigenvalue weighted by Gasteiger charge is 2.34. The van der Waals surface area contributed by atoms with E-state index < -0.39 is 0 Å². The Hall–Kier alpha value is -2.88. The number of benzene rings is 1. The summed E-state index contributed by atoms with van der Waals surface area (Å²) in [6.07, 6.45) is 3.31. The van der Waals surface area contributed by atoms with Gasteiger partial charge in [0.15, 0.2) is 0 Å². The molecule has 34 heavy (non-hydrogen) atoms. The van der Waals surface area contributed by atoms with Crippen LogP contribution in [0.5, 0.6) is 0 Å². The van der Waals surface area contributed by atoms with Gasteiger partial charge in [0.1, 0.15) is 10.1 Å². The Morgan fingerprint density at radius 3 is 2.56 bits per heavy atom. The maximum absolute atomic E-state index is 13.6. The van der Waals surface area contributed by atoms with E-state index in [4.69, 9.17) is 16.6 Å². The molecule has 1 aromatic carbocycles. The number of rotatable bonds is 5. The summed E-state index contributed by atoms with van der Waals surface area (Å²) in [5, 5.41) is 1.01. The average Bonchev–Trinajstić information content (AvgIpc) is 3.47. The minimum Gasteiger partial charge on any atom is -0.467 e. The third kappa shape index (κ3) is 4.08. The molecule has 2 aromatic heterocycles. The second-order valence-corrected chi connectivity index (χ2v) is 10.1. The number of pyridine rings is 1. The zero-order chi connectivity index (χ0) is 23.8. The molecule has 7 nitrogen and oxygen atoms in total. The number of carbonyl (C=O) groups is 1. The first-order valence-corrected chi connectivity index (χ1v) is 12.6. The van der Waals surface area contributed by atoms with Crippen LogP contribution in [0.25, 0.3) is 17.0 Å². The third-order valence-electron chi connectivity index (χ3n) is 6.49. The predicted molar refractivity (Wildman–Crippen MR) is 141 cm³/mol. The number of thioether (sulfide) groups is 1. The van der Waals surface area contributed by atoms with E-state index in [1.54, 1.807) is 30.0 Å². The first-order valence-electron chi connectivity index (χ1n) is 11.3. The molecule has 0 N–H and O–H groups in total. The number of amides is 1. The molecular formula is C25H26N4O3S2. The molecule has 0 atom stereocenters. The van der Waals surface area contributed by atoms with Crippen LogP contribution in [0.4, 0.5) is 5.69 Å². The largest absolute Gasteiger partial charge is 0.467 e. The number of carbonyl (C=O) groups excluding carboxylic acids is 1. The van der Waals surface area contributed by atoms with Gasteiger partial charge in [-0.1, -0.05) is 49.1 Å². The van der Waals surface area contributed by atoms with E-state index in [2.05, 4.69) is 22.8 Å². The van der Waals surface area contributed by atoms with Gasteiger partial charge in [0.25, 0.3) is 11.5 Å². The minimum atomic E-state index is -0.205. The van der Waals surface area contributed by atoms with E-state index in [0.29, 0.717) is 20.5 Å². The number of para-hydroxylation sites is 1. The van der Waals surface area contributed by atoms with E-state index >= 15 is 0 Å². The van der Waals surface area contributed by atoms with Gasteiger partial charge < -0.3 is 18.8 Å². The van der Waals surface area contributed by atoms with Crippen molar-refractivity contribution >= 4 is 56.9 Å². The summed E-state index contributed by atoms with van der Waals surface area (Å²) in [6.45, 7) is 6.97. The number of hydrogen-bond donors (Lipinski definition) is 0. The fourth-order valence-corrected chi connectivity index (χ4v) is 5.82. The second kappa shape index (κ2) is 9.40.